The van der Waals surface area contributed by atoms with E-state index in [9.17, 15) is 0 Å². The number of benzene rings is 9. The van der Waals surface area contributed by atoms with E-state index in [-0.39, 0.29) is 0 Å². The molecule has 0 N–H and O–H groups in total. The van der Waals surface area contributed by atoms with Gasteiger partial charge in [-0.25, -0.2) is 4.98 Å². The number of fused-ring (bicyclic) bond motifs is 6. The van der Waals surface area contributed by atoms with Crippen LogP contribution in [0.4, 0.5) is 0 Å². The van der Waals surface area contributed by atoms with Gasteiger partial charge in [-0.2, -0.15) is 9.97 Å². The minimum absolute atomic E-state index is 0.560. The van der Waals surface area contributed by atoms with Gasteiger partial charge in [0.2, 0.25) is 5.95 Å². The third-order valence-corrected chi connectivity index (χ3v) is 12.0. The molecule has 0 amide bonds. The fourth-order valence-electron chi connectivity index (χ4n) is 9.15. The van der Waals surface area contributed by atoms with Gasteiger partial charge in [0.1, 0.15) is 0 Å². The highest BCUT2D eigenvalue weighted by atomic mass is 15.2. The molecule has 12 rings (SSSR count). The summed E-state index contributed by atoms with van der Waals surface area (Å²) in [6, 6.07) is 79.3. The number of rotatable bonds is 7. The smallest absolute Gasteiger partial charge is 0.238 e. The maximum absolute atomic E-state index is 5.35. The molecule has 290 valence electrons. The van der Waals surface area contributed by atoms with E-state index >= 15 is 0 Å². The molecule has 62 heavy (non-hydrogen) atoms. The summed E-state index contributed by atoms with van der Waals surface area (Å²) in [5.74, 6) is 1.78. The molecule has 0 saturated carbocycles. The van der Waals surface area contributed by atoms with Gasteiger partial charge in [-0.3, -0.25) is 4.57 Å². The first kappa shape index (κ1) is 35.5. The third kappa shape index (κ3) is 5.90. The molecule has 3 aromatic heterocycles. The van der Waals surface area contributed by atoms with Gasteiger partial charge >= 0.3 is 0 Å². The van der Waals surface area contributed by atoms with Crippen LogP contribution in [0, 0.1) is 0 Å². The van der Waals surface area contributed by atoms with Gasteiger partial charge in [0.15, 0.2) is 11.6 Å². The molecule has 3 heterocycles. The predicted molar refractivity (Wildman–Crippen MR) is 256 cm³/mol. The van der Waals surface area contributed by atoms with Gasteiger partial charge in [-0.1, -0.05) is 194 Å². The average Bonchev–Trinajstić information content (AvgIpc) is 3.87. The summed E-state index contributed by atoms with van der Waals surface area (Å²) in [7, 11) is 0. The van der Waals surface area contributed by atoms with Crippen molar-refractivity contribution in [3.8, 4) is 67.8 Å². The van der Waals surface area contributed by atoms with Gasteiger partial charge < -0.3 is 4.57 Å². The molecule has 5 nitrogen and oxygen atoms in total. The fraction of sp³-hybridized carbons (Fsp3) is 0. The quantitative estimate of drug-likeness (QED) is 0.162. The van der Waals surface area contributed by atoms with Crippen molar-refractivity contribution >= 4 is 43.6 Å². The van der Waals surface area contributed by atoms with E-state index in [1.807, 2.05) is 24.3 Å². The molecule has 0 aliphatic carbocycles. The molecule has 0 saturated heterocycles. The van der Waals surface area contributed by atoms with Crippen molar-refractivity contribution in [1.82, 2.24) is 24.1 Å². The highest BCUT2D eigenvalue weighted by Crippen LogP contribution is 2.47. The van der Waals surface area contributed by atoms with E-state index < -0.39 is 0 Å². The standard InChI is InChI=1S/C57H37N5/c1-5-18-38(19-6-1)40-32-34-43(35-33-40)56-58-55(42-24-11-4-12-25-42)59-57(60-56)62-50-31-16-14-29-47(50)53-51(62)37-48-46-28-13-15-30-49(46)61(54(48)52(53)41-22-9-3-10-23-41)45-27-17-26-44(36-45)39-20-7-2-8-21-39/h1-37H. The summed E-state index contributed by atoms with van der Waals surface area (Å²) in [6.45, 7) is 0. The zero-order chi connectivity index (χ0) is 41.0. The molecule has 0 bridgehead atoms. The molecular weight excluding hydrogens is 755 g/mol. The first-order chi connectivity index (χ1) is 30.8. The van der Waals surface area contributed by atoms with E-state index in [1.165, 1.54) is 16.5 Å². The highest BCUT2D eigenvalue weighted by Gasteiger charge is 2.26. The Morgan fingerprint density at radius 1 is 0.290 bits per heavy atom. The van der Waals surface area contributed by atoms with Crippen LogP contribution < -0.4 is 0 Å². The average molecular weight is 792 g/mol. The Morgan fingerprint density at radius 2 is 0.758 bits per heavy atom. The van der Waals surface area contributed by atoms with Crippen LogP contribution in [0.2, 0.25) is 0 Å². The van der Waals surface area contributed by atoms with Gasteiger partial charge in [-0.15, -0.1) is 0 Å². The first-order valence-corrected chi connectivity index (χ1v) is 21.0. The maximum Gasteiger partial charge on any atom is 0.238 e. The topological polar surface area (TPSA) is 48.5 Å². The van der Waals surface area contributed by atoms with E-state index in [4.69, 9.17) is 15.0 Å². The van der Waals surface area contributed by atoms with Gasteiger partial charge in [0.25, 0.3) is 0 Å². The second-order valence-electron chi connectivity index (χ2n) is 15.6. The van der Waals surface area contributed by atoms with Crippen molar-refractivity contribution in [3.63, 3.8) is 0 Å². The molecule has 0 unspecified atom stereocenters. The van der Waals surface area contributed by atoms with Crippen molar-refractivity contribution in [2.45, 2.75) is 0 Å². The van der Waals surface area contributed by atoms with Crippen molar-refractivity contribution in [2.75, 3.05) is 0 Å². The lowest BCUT2D eigenvalue weighted by molar-refractivity contribution is 0.954. The van der Waals surface area contributed by atoms with E-state index in [0.29, 0.717) is 17.6 Å². The van der Waals surface area contributed by atoms with Crippen LogP contribution in [-0.2, 0) is 0 Å². The third-order valence-electron chi connectivity index (χ3n) is 12.0. The largest absolute Gasteiger partial charge is 0.309 e. The van der Waals surface area contributed by atoms with Gasteiger partial charge in [0, 0.05) is 43.9 Å². The van der Waals surface area contributed by atoms with Crippen LogP contribution in [0.3, 0.4) is 0 Å². The number of aromatic nitrogens is 5. The number of hydrogen-bond donors (Lipinski definition) is 0. The van der Waals surface area contributed by atoms with Crippen molar-refractivity contribution in [1.29, 1.82) is 0 Å². The Labute approximate surface area is 358 Å². The van der Waals surface area contributed by atoms with E-state index in [1.54, 1.807) is 0 Å². The summed E-state index contributed by atoms with van der Waals surface area (Å²) >= 11 is 0. The molecule has 0 atom stereocenters. The zero-order valence-corrected chi connectivity index (χ0v) is 33.6. The Balaban J connectivity index is 1.18. The van der Waals surface area contributed by atoms with Gasteiger partial charge in [0.05, 0.1) is 22.1 Å². The lowest BCUT2D eigenvalue weighted by atomic mass is 9.96. The summed E-state index contributed by atoms with van der Waals surface area (Å²) in [6.07, 6.45) is 0. The monoisotopic (exact) mass is 791 g/mol. The van der Waals surface area contributed by atoms with Crippen molar-refractivity contribution in [3.05, 3.63) is 224 Å². The first-order valence-electron chi connectivity index (χ1n) is 21.0. The van der Waals surface area contributed by atoms with Crippen LogP contribution >= 0.6 is 0 Å². The lowest BCUT2D eigenvalue weighted by Crippen LogP contribution is -2.06. The molecule has 0 fully saturated rings. The molecule has 12 aromatic rings. The minimum Gasteiger partial charge on any atom is -0.309 e. The number of nitrogens with zero attached hydrogens (tertiary/aromatic N) is 5. The van der Waals surface area contributed by atoms with E-state index in [0.717, 1.165) is 77.3 Å². The molecular formula is C57H37N5. The minimum atomic E-state index is 0.560. The highest BCUT2D eigenvalue weighted by molar-refractivity contribution is 6.27. The zero-order valence-electron chi connectivity index (χ0n) is 33.6. The van der Waals surface area contributed by atoms with Crippen LogP contribution in [-0.4, -0.2) is 24.1 Å². The molecule has 5 heteroatoms. The molecule has 0 radical (unpaired) electrons. The van der Waals surface area contributed by atoms with Crippen molar-refractivity contribution < 1.29 is 0 Å². The van der Waals surface area contributed by atoms with Crippen LogP contribution in [0.1, 0.15) is 0 Å². The summed E-state index contributed by atoms with van der Waals surface area (Å²) in [5, 5.41) is 4.57. The van der Waals surface area contributed by atoms with Crippen molar-refractivity contribution in [2.24, 2.45) is 0 Å². The molecule has 0 spiro atoms. The normalized spacial score (nSPS) is 11.5. The van der Waals surface area contributed by atoms with Crippen LogP contribution in [0.5, 0.6) is 0 Å². The molecule has 9 aromatic carbocycles. The second-order valence-corrected chi connectivity index (χ2v) is 15.6. The Bertz CT molecular complexity index is 3590. The Hall–Kier alpha value is -8.41. The summed E-state index contributed by atoms with van der Waals surface area (Å²) < 4.78 is 4.70. The van der Waals surface area contributed by atoms with Crippen LogP contribution in [0.15, 0.2) is 224 Å². The lowest BCUT2D eigenvalue weighted by Gasteiger charge is -2.15. The second kappa shape index (κ2) is 14.7. The SMILES string of the molecule is c1ccc(-c2ccc(-c3nc(-c4ccccc4)nc(-n4c5ccccc5c5c(-c6ccccc6)c6c(cc54)c4ccccc4n6-c4cccc(-c5ccccc5)c4)n3)cc2)cc1. The Morgan fingerprint density at radius 3 is 1.40 bits per heavy atom. The van der Waals surface area contributed by atoms with Gasteiger partial charge in [-0.05, 0) is 58.1 Å². The summed E-state index contributed by atoms with van der Waals surface area (Å²) in [5.41, 5.74) is 14.2. The fourth-order valence-corrected chi connectivity index (χ4v) is 9.15. The Kier molecular flexibility index (Phi) is 8.42. The summed E-state index contributed by atoms with van der Waals surface area (Å²) in [4.78, 5) is 15.8. The van der Waals surface area contributed by atoms with Crippen LogP contribution in [0.25, 0.3) is 111 Å². The molecule has 0 aliphatic rings. The maximum atomic E-state index is 5.35. The predicted octanol–water partition coefficient (Wildman–Crippen LogP) is 14.4. The molecule has 0 aliphatic heterocycles. The van der Waals surface area contributed by atoms with E-state index in [2.05, 4.69) is 209 Å². The number of para-hydroxylation sites is 2. The number of hydrogen-bond acceptors (Lipinski definition) is 3.